The van der Waals surface area contributed by atoms with E-state index in [4.69, 9.17) is 10.8 Å². The van der Waals surface area contributed by atoms with Crippen LogP contribution in [0.5, 0.6) is 0 Å². The highest BCUT2D eigenvalue weighted by Gasteiger charge is 2.49. The summed E-state index contributed by atoms with van der Waals surface area (Å²) in [6.07, 6.45) is 2.02. The Labute approximate surface area is 148 Å². The van der Waals surface area contributed by atoms with Gasteiger partial charge in [-0.3, -0.25) is 4.79 Å². The molecule has 0 saturated heterocycles. The topological polar surface area (TPSA) is 87.4 Å². The van der Waals surface area contributed by atoms with Gasteiger partial charge in [0.2, 0.25) is 0 Å². The molecule has 5 nitrogen and oxygen atoms in total. The average molecular weight is 339 g/mol. The van der Waals surface area contributed by atoms with Gasteiger partial charge in [0, 0.05) is 34.9 Å². The van der Waals surface area contributed by atoms with Crippen LogP contribution in [0.4, 0.5) is 11.4 Å². The van der Waals surface area contributed by atoms with Crippen LogP contribution >= 0.6 is 0 Å². The molecule has 1 aliphatic carbocycles. The number of carbonyl (C=O) groups excluding carboxylic acids is 1. The molecule has 0 aromatic heterocycles. The van der Waals surface area contributed by atoms with Gasteiger partial charge in [-0.05, 0) is 54.8 Å². The summed E-state index contributed by atoms with van der Waals surface area (Å²) >= 11 is 0. The quantitative estimate of drug-likeness (QED) is 0.625. The second-order valence-corrected chi connectivity index (χ2v) is 6.65. The van der Waals surface area contributed by atoms with Crippen molar-refractivity contribution in [2.24, 2.45) is 5.73 Å². The lowest BCUT2D eigenvalue weighted by atomic mass is 10.0. The predicted molar refractivity (Wildman–Crippen MR) is 101 cm³/mol. The van der Waals surface area contributed by atoms with Crippen LogP contribution in [0.3, 0.4) is 0 Å². The number of nitrogens with one attached hydrogen (secondary N) is 2. The summed E-state index contributed by atoms with van der Waals surface area (Å²) in [7, 11) is 0. The van der Waals surface area contributed by atoms with E-state index < -0.39 is 0 Å². The fourth-order valence-electron chi connectivity index (χ4n) is 3.10. The minimum absolute atomic E-state index is 0.0451. The van der Waals surface area contributed by atoms with Crippen LogP contribution in [0.25, 0.3) is 0 Å². The minimum atomic E-state index is -0.144. The van der Waals surface area contributed by atoms with Gasteiger partial charge < -0.3 is 21.5 Å². The Morgan fingerprint density at radius 2 is 1.80 bits per heavy atom. The summed E-state index contributed by atoms with van der Waals surface area (Å²) in [6.45, 7) is 2.68. The normalized spacial score (nSPS) is 21.6. The number of benzene rings is 2. The third-order valence-corrected chi connectivity index (χ3v) is 4.94. The number of carbonyl (C=O) groups is 1. The number of aliphatic hydroxyl groups is 1. The number of amides is 1. The molecule has 0 radical (unpaired) electrons. The molecular formula is C20H25N3O2. The van der Waals surface area contributed by atoms with Gasteiger partial charge in [0.15, 0.2) is 0 Å². The molecule has 2 aromatic rings. The molecular weight excluding hydrogens is 314 g/mol. The molecule has 0 heterocycles. The Bertz CT molecular complexity index is 728. The zero-order valence-electron chi connectivity index (χ0n) is 14.5. The van der Waals surface area contributed by atoms with Crippen LogP contribution < -0.4 is 16.4 Å². The number of hydrogen-bond donors (Lipinski definition) is 4. The van der Waals surface area contributed by atoms with E-state index in [-0.39, 0.29) is 18.1 Å². The fourth-order valence-corrected chi connectivity index (χ4v) is 3.10. The van der Waals surface area contributed by atoms with Gasteiger partial charge in [-0.1, -0.05) is 19.1 Å². The molecule has 1 aliphatic rings. The van der Waals surface area contributed by atoms with Gasteiger partial charge >= 0.3 is 0 Å². The molecule has 25 heavy (non-hydrogen) atoms. The highest BCUT2D eigenvalue weighted by molar-refractivity contribution is 6.04. The van der Waals surface area contributed by atoms with Crippen LogP contribution in [-0.4, -0.2) is 29.7 Å². The summed E-state index contributed by atoms with van der Waals surface area (Å²) in [4.78, 5) is 12.3. The Kier molecular flexibility index (Phi) is 5.06. The first kappa shape index (κ1) is 17.5. The first-order valence-electron chi connectivity index (χ1n) is 8.71. The van der Waals surface area contributed by atoms with E-state index in [1.54, 1.807) is 12.1 Å². The third kappa shape index (κ3) is 4.00. The SMILES string of the molecule is CCC1(N)CC1c1ccc(NC(=O)c2ccc(NCCO)cc2)cc1. The monoisotopic (exact) mass is 339 g/mol. The summed E-state index contributed by atoms with van der Waals surface area (Å²) in [5.74, 6) is 0.288. The van der Waals surface area contributed by atoms with Crippen molar-refractivity contribution in [2.75, 3.05) is 23.8 Å². The Hall–Kier alpha value is -2.37. The van der Waals surface area contributed by atoms with E-state index in [2.05, 4.69) is 17.6 Å². The first-order valence-corrected chi connectivity index (χ1v) is 8.71. The molecule has 5 N–H and O–H groups in total. The number of anilines is 2. The second kappa shape index (κ2) is 7.25. The highest BCUT2D eigenvalue weighted by Crippen LogP contribution is 2.51. The minimum Gasteiger partial charge on any atom is -0.395 e. The van der Waals surface area contributed by atoms with Gasteiger partial charge in [-0.15, -0.1) is 0 Å². The van der Waals surface area contributed by atoms with Crippen LogP contribution in [-0.2, 0) is 0 Å². The average Bonchev–Trinajstić information content (AvgIpc) is 3.33. The van der Waals surface area contributed by atoms with Crippen molar-refractivity contribution in [3.8, 4) is 0 Å². The molecule has 0 aliphatic heterocycles. The van der Waals surface area contributed by atoms with Gasteiger partial charge in [-0.2, -0.15) is 0 Å². The van der Waals surface area contributed by atoms with Crippen LogP contribution in [0.2, 0.25) is 0 Å². The van der Waals surface area contributed by atoms with Crippen molar-refractivity contribution < 1.29 is 9.90 Å². The Morgan fingerprint density at radius 1 is 1.16 bits per heavy atom. The first-order chi connectivity index (χ1) is 12.1. The van der Waals surface area contributed by atoms with Gasteiger partial charge in [0.1, 0.15) is 0 Å². The van der Waals surface area contributed by atoms with E-state index in [9.17, 15) is 4.79 Å². The molecule has 1 amide bonds. The largest absolute Gasteiger partial charge is 0.395 e. The molecule has 0 spiro atoms. The summed E-state index contributed by atoms with van der Waals surface area (Å²) in [5, 5.41) is 14.8. The molecule has 2 aromatic carbocycles. The van der Waals surface area contributed by atoms with E-state index in [0.717, 1.165) is 24.2 Å². The van der Waals surface area contributed by atoms with Crippen molar-refractivity contribution in [1.82, 2.24) is 0 Å². The van der Waals surface area contributed by atoms with E-state index in [1.165, 1.54) is 5.56 Å². The van der Waals surface area contributed by atoms with E-state index in [1.807, 2.05) is 36.4 Å². The molecule has 1 fully saturated rings. The lowest BCUT2D eigenvalue weighted by Crippen LogP contribution is -2.22. The number of hydrogen-bond acceptors (Lipinski definition) is 4. The number of rotatable bonds is 7. The lowest BCUT2D eigenvalue weighted by Gasteiger charge is -2.10. The molecule has 5 heteroatoms. The summed E-state index contributed by atoms with van der Waals surface area (Å²) in [6, 6.07) is 15.1. The zero-order valence-corrected chi connectivity index (χ0v) is 14.5. The van der Waals surface area contributed by atoms with E-state index >= 15 is 0 Å². The van der Waals surface area contributed by atoms with Crippen LogP contribution in [0.1, 0.15) is 41.6 Å². The van der Waals surface area contributed by atoms with Crippen LogP contribution in [0.15, 0.2) is 48.5 Å². The van der Waals surface area contributed by atoms with Crippen molar-refractivity contribution >= 4 is 17.3 Å². The maximum absolute atomic E-state index is 12.3. The molecule has 2 atom stereocenters. The standard InChI is InChI=1S/C20H25N3O2/c1-2-20(21)13-18(20)14-3-9-17(10-4-14)23-19(25)15-5-7-16(8-6-15)22-11-12-24/h3-10,18,22,24H,2,11-13,21H2,1H3,(H,23,25). The van der Waals surface area contributed by atoms with Gasteiger partial charge in [0.05, 0.1) is 6.61 Å². The third-order valence-electron chi connectivity index (χ3n) is 4.94. The molecule has 132 valence electrons. The molecule has 3 rings (SSSR count). The lowest BCUT2D eigenvalue weighted by molar-refractivity contribution is 0.102. The Morgan fingerprint density at radius 3 is 2.36 bits per heavy atom. The maximum atomic E-state index is 12.3. The molecule has 2 unspecified atom stereocenters. The second-order valence-electron chi connectivity index (χ2n) is 6.65. The van der Waals surface area contributed by atoms with Crippen LogP contribution in [0, 0.1) is 0 Å². The van der Waals surface area contributed by atoms with E-state index in [0.29, 0.717) is 18.0 Å². The predicted octanol–water partition coefficient (Wildman–Crippen LogP) is 2.94. The van der Waals surface area contributed by atoms with Crippen molar-refractivity contribution in [3.63, 3.8) is 0 Å². The maximum Gasteiger partial charge on any atom is 0.255 e. The zero-order chi connectivity index (χ0) is 17.9. The van der Waals surface area contributed by atoms with Crippen molar-refractivity contribution in [3.05, 3.63) is 59.7 Å². The summed E-state index contributed by atoms with van der Waals surface area (Å²) in [5.41, 5.74) is 9.70. The highest BCUT2D eigenvalue weighted by atomic mass is 16.3. The summed E-state index contributed by atoms with van der Waals surface area (Å²) < 4.78 is 0. The van der Waals surface area contributed by atoms with Crippen molar-refractivity contribution in [2.45, 2.75) is 31.2 Å². The number of aliphatic hydroxyl groups excluding tert-OH is 1. The molecule has 1 saturated carbocycles. The molecule has 0 bridgehead atoms. The fraction of sp³-hybridized carbons (Fsp3) is 0.350. The smallest absolute Gasteiger partial charge is 0.255 e. The van der Waals surface area contributed by atoms with Crippen molar-refractivity contribution in [1.29, 1.82) is 0 Å². The van der Waals surface area contributed by atoms with Gasteiger partial charge in [-0.25, -0.2) is 0 Å². The number of nitrogens with two attached hydrogens (primary N) is 1. The van der Waals surface area contributed by atoms with Gasteiger partial charge in [0.25, 0.3) is 5.91 Å². The Balaban J connectivity index is 1.59.